The maximum atomic E-state index is 12.2. The lowest BCUT2D eigenvalue weighted by Crippen LogP contribution is -2.48. The Bertz CT molecular complexity index is 1470. The number of amides is 2. The zero-order chi connectivity index (χ0) is 32.1. The van der Waals surface area contributed by atoms with E-state index >= 15 is 0 Å². The maximum Gasteiger partial charge on any atom is 0.229 e. The molecule has 3 aromatic rings. The van der Waals surface area contributed by atoms with E-state index in [1.165, 1.54) is 27.4 Å². The molecule has 6 heterocycles. The second-order valence-electron chi connectivity index (χ2n) is 13.9. The van der Waals surface area contributed by atoms with E-state index in [0.717, 1.165) is 77.6 Å². The van der Waals surface area contributed by atoms with Gasteiger partial charge in [0.15, 0.2) is 0 Å². The van der Waals surface area contributed by atoms with Crippen LogP contribution in [0.2, 0.25) is 0 Å². The van der Waals surface area contributed by atoms with Crippen LogP contribution in [0.25, 0.3) is 0 Å². The largest absolute Gasteiger partial charge is 0.347 e. The molecule has 1 atom stereocenters. The van der Waals surface area contributed by atoms with E-state index in [1.54, 1.807) is 12.4 Å². The van der Waals surface area contributed by atoms with Gasteiger partial charge < -0.3 is 14.7 Å². The highest BCUT2D eigenvalue weighted by Gasteiger charge is 2.37. The third kappa shape index (κ3) is 7.56. The molecule has 46 heavy (non-hydrogen) atoms. The van der Waals surface area contributed by atoms with E-state index in [1.807, 2.05) is 26.1 Å². The number of nitrogens with zero attached hydrogens (tertiary/aromatic N) is 8. The van der Waals surface area contributed by atoms with Crippen molar-refractivity contribution in [3.63, 3.8) is 0 Å². The topological polar surface area (TPSA) is 89.0 Å². The minimum absolute atomic E-state index is 0.0114. The number of carbonyl (C=O) groups is 2. The Hall–Kier alpha value is -3.89. The average Bonchev–Trinajstić information content (AvgIpc) is 3.19. The summed E-state index contributed by atoms with van der Waals surface area (Å²) in [6, 6.07) is 15.4. The molecule has 3 fully saturated rings. The van der Waals surface area contributed by atoms with E-state index < -0.39 is 0 Å². The maximum absolute atomic E-state index is 12.2. The van der Waals surface area contributed by atoms with Crippen LogP contribution in [0.15, 0.2) is 61.1 Å². The van der Waals surface area contributed by atoms with Crippen molar-refractivity contribution in [2.75, 3.05) is 75.8 Å². The van der Waals surface area contributed by atoms with Crippen LogP contribution in [-0.4, -0.2) is 107 Å². The number of fused-ring (bicyclic) bond motifs is 5. The van der Waals surface area contributed by atoms with Crippen molar-refractivity contribution in [3.8, 4) is 0 Å². The molecule has 0 aliphatic carbocycles. The van der Waals surface area contributed by atoms with Gasteiger partial charge in [-0.15, -0.1) is 0 Å². The fourth-order valence-corrected chi connectivity index (χ4v) is 7.18. The third-order valence-electron chi connectivity index (χ3n) is 9.69. The average molecular weight is 625 g/mol. The molecule has 4 aliphatic heterocycles. The first-order chi connectivity index (χ1) is 22.3. The molecule has 7 rings (SSSR count). The normalized spacial score (nSPS) is 21.5. The number of benzene rings is 1. The van der Waals surface area contributed by atoms with Crippen molar-refractivity contribution in [2.24, 2.45) is 5.41 Å². The molecule has 0 spiro atoms. The highest BCUT2D eigenvalue weighted by molar-refractivity contribution is 5.98. The van der Waals surface area contributed by atoms with Crippen LogP contribution in [-0.2, 0) is 16.0 Å². The number of pyridine rings is 1. The summed E-state index contributed by atoms with van der Waals surface area (Å²) < 4.78 is 0. The van der Waals surface area contributed by atoms with Gasteiger partial charge in [0, 0.05) is 90.2 Å². The van der Waals surface area contributed by atoms with Crippen LogP contribution in [0.4, 0.5) is 11.8 Å². The molecule has 2 aromatic heterocycles. The van der Waals surface area contributed by atoms with E-state index in [9.17, 15) is 9.59 Å². The summed E-state index contributed by atoms with van der Waals surface area (Å²) in [6.45, 7) is 12.6. The van der Waals surface area contributed by atoms with Crippen molar-refractivity contribution in [2.45, 2.75) is 52.0 Å². The summed E-state index contributed by atoms with van der Waals surface area (Å²) in [5, 5.41) is 0. The van der Waals surface area contributed by atoms with Crippen LogP contribution in [0.1, 0.15) is 62.3 Å². The predicted octanol–water partition coefficient (Wildman–Crippen LogP) is 4.03. The molecule has 2 amide bonds. The van der Waals surface area contributed by atoms with E-state index in [2.05, 4.69) is 78.0 Å². The minimum Gasteiger partial charge on any atom is -0.347 e. The fraction of sp³-hybridized carbons (Fsp3) is 0.528. The number of imide groups is 1. The van der Waals surface area contributed by atoms with Crippen molar-refractivity contribution >= 4 is 23.6 Å². The highest BCUT2D eigenvalue weighted by Crippen LogP contribution is 2.37. The first-order valence-corrected chi connectivity index (χ1v) is 16.8. The molecule has 4 aliphatic rings. The zero-order valence-corrected chi connectivity index (χ0v) is 27.6. The summed E-state index contributed by atoms with van der Waals surface area (Å²) >= 11 is 0. The second kappa shape index (κ2) is 14.3. The van der Waals surface area contributed by atoms with Gasteiger partial charge in [0.1, 0.15) is 5.82 Å². The SMILES string of the molecule is CC1(C)CC(=O)N(CCCCN2CCN(c3ncccn3)CC2)C(=O)C1.CN1CCN2c3ncccc3Cc3ccccc3C2C1. The Morgan fingerprint density at radius 1 is 0.761 bits per heavy atom. The number of likely N-dealkylation sites (N-methyl/N-ethyl adjacent to an activating group) is 1. The smallest absolute Gasteiger partial charge is 0.229 e. The lowest BCUT2D eigenvalue weighted by Gasteiger charge is -2.41. The number of carbonyl (C=O) groups excluding carboxylic acids is 2. The minimum atomic E-state index is -0.188. The molecule has 0 N–H and O–H groups in total. The quantitative estimate of drug-likeness (QED) is 0.298. The highest BCUT2D eigenvalue weighted by atomic mass is 16.2. The number of unbranched alkanes of at least 4 members (excludes halogenated alkanes) is 1. The number of anilines is 2. The molecule has 10 nitrogen and oxygen atoms in total. The Morgan fingerprint density at radius 3 is 2.20 bits per heavy atom. The number of likely N-dealkylation sites (tertiary alicyclic amines) is 1. The van der Waals surface area contributed by atoms with Gasteiger partial charge in [-0.3, -0.25) is 19.4 Å². The van der Waals surface area contributed by atoms with Gasteiger partial charge in [-0.1, -0.05) is 44.2 Å². The number of hydrogen-bond donors (Lipinski definition) is 0. The van der Waals surface area contributed by atoms with Gasteiger partial charge in [0.05, 0.1) is 6.04 Å². The molecule has 0 bridgehead atoms. The van der Waals surface area contributed by atoms with Crippen LogP contribution in [0.5, 0.6) is 0 Å². The molecule has 10 heteroatoms. The summed E-state index contributed by atoms with van der Waals surface area (Å²) in [5.41, 5.74) is 4.08. The molecule has 3 saturated heterocycles. The van der Waals surface area contributed by atoms with Gasteiger partial charge in [0.25, 0.3) is 0 Å². The fourth-order valence-electron chi connectivity index (χ4n) is 7.18. The Labute approximate surface area is 273 Å². The molecular formula is C36H48N8O2. The standard InChI is InChI=1S/C19H29N5O2.C17H19N3/c1-19(2)14-16(25)24(17(26)15-19)9-4-3-8-22-10-12-23(13-11-22)18-20-6-5-7-21-18;1-19-9-10-20-16(12-19)15-7-3-2-5-13(15)11-14-6-4-8-18-17(14)20/h5-7H,3-4,8-15H2,1-2H3;2-8,16H,9-12H2,1H3. The van der Waals surface area contributed by atoms with Crippen molar-refractivity contribution in [1.82, 2.24) is 29.7 Å². The van der Waals surface area contributed by atoms with Crippen molar-refractivity contribution in [1.29, 1.82) is 0 Å². The van der Waals surface area contributed by atoms with Gasteiger partial charge in [-0.25, -0.2) is 15.0 Å². The number of piperazine rings is 2. The summed E-state index contributed by atoms with van der Waals surface area (Å²) in [4.78, 5) is 48.7. The van der Waals surface area contributed by atoms with Crippen molar-refractivity contribution < 1.29 is 9.59 Å². The Morgan fingerprint density at radius 2 is 1.43 bits per heavy atom. The van der Waals surface area contributed by atoms with Crippen LogP contribution in [0, 0.1) is 5.41 Å². The Kier molecular flexibility index (Phi) is 9.94. The van der Waals surface area contributed by atoms with Crippen LogP contribution >= 0.6 is 0 Å². The number of rotatable bonds is 6. The van der Waals surface area contributed by atoms with E-state index in [-0.39, 0.29) is 17.2 Å². The van der Waals surface area contributed by atoms with E-state index in [4.69, 9.17) is 0 Å². The monoisotopic (exact) mass is 624 g/mol. The Balaban J connectivity index is 0.000000166. The summed E-state index contributed by atoms with van der Waals surface area (Å²) in [5.74, 6) is 1.96. The summed E-state index contributed by atoms with van der Waals surface area (Å²) in [7, 11) is 2.21. The molecule has 0 saturated carbocycles. The third-order valence-corrected chi connectivity index (χ3v) is 9.69. The number of aromatic nitrogens is 3. The lowest BCUT2D eigenvalue weighted by molar-refractivity contribution is -0.152. The van der Waals surface area contributed by atoms with E-state index in [0.29, 0.717) is 25.4 Å². The van der Waals surface area contributed by atoms with Gasteiger partial charge in [-0.05, 0) is 60.7 Å². The van der Waals surface area contributed by atoms with Gasteiger partial charge in [0.2, 0.25) is 17.8 Å². The van der Waals surface area contributed by atoms with Gasteiger partial charge >= 0.3 is 0 Å². The van der Waals surface area contributed by atoms with Crippen LogP contribution in [0.3, 0.4) is 0 Å². The lowest BCUT2D eigenvalue weighted by atomic mass is 9.82. The van der Waals surface area contributed by atoms with Gasteiger partial charge in [-0.2, -0.15) is 0 Å². The summed E-state index contributed by atoms with van der Waals surface area (Å²) in [6.07, 6.45) is 9.30. The second-order valence-corrected chi connectivity index (χ2v) is 13.9. The molecule has 0 radical (unpaired) electrons. The van der Waals surface area contributed by atoms with Crippen molar-refractivity contribution in [3.05, 3.63) is 77.7 Å². The first kappa shape index (κ1) is 32.1. The molecular weight excluding hydrogens is 576 g/mol. The number of hydrogen-bond acceptors (Lipinski definition) is 9. The molecule has 1 aromatic carbocycles. The first-order valence-electron chi connectivity index (χ1n) is 16.8. The molecule has 1 unspecified atom stereocenters. The van der Waals surface area contributed by atoms with Crippen LogP contribution < -0.4 is 9.80 Å². The number of piperidine rings is 1. The zero-order valence-electron chi connectivity index (χ0n) is 27.6. The molecule has 244 valence electrons. The predicted molar refractivity (Wildman–Crippen MR) is 181 cm³/mol.